The van der Waals surface area contributed by atoms with Crippen LogP contribution in [0.25, 0.3) is 0 Å². The average Bonchev–Trinajstić information content (AvgIpc) is 1.51. The monoisotopic (exact) mass is 1830 g/mol. The van der Waals surface area contributed by atoms with Crippen LogP contribution in [0.15, 0.2) is 36.0 Å². The van der Waals surface area contributed by atoms with E-state index in [0.29, 0.717) is 25.7 Å². The number of rotatable bonds is 30. The number of unbranched alkanes of at least 4 members (excludes halogenated alkanes) is 2. The van der Waals surface area contributed by atoms with Crippen LogP contribution in [0.2, 0.25) is 0 Å². The zero-order chi connectivity index (χ0) is 98.4. The van der Waals surface area contributed by atoms with Crippen LogP contribution in [0.5, 0.6) is 0 Å². The van der Waals surface area contributed by atoms with Crippen molar-refractivity contribution in [1.82, 2.24) is 55.6 Å². The topological polar surface area (TPSA) is 448 Å². The van der Waals surface area contributed by atoms with Crippen molar-refractivity contribution in [1.29, 1.82) is 0 Å². The predicted octanol–water partition coefficient (Wildman–Crippen LogP) is 6.94. The molecule has 35 nitrogen and oxygen atoms in total. The Hall–Kier alpha value is -9.67. The van der Waals surface area contributed by atoms with Crippen LogP contribution < -0.4 is 21.3 Å². The molecule has 1 heterocycles. The minimum absolute atomic E-state index is 0.0334. The van der Waals surface area contributed by atoms with Gasteiger partial charge in [-0.05, 0) is 176 Å². The zero-order valence-corrected chi connectivity index (χ0v) is 81.9. The van der Waals surface area contributed by atoms with Crippen LogP contribution in [-0.2, 0) is 100 Å². The lowest BCUT2D eigenvalue weighted by Crippen LogP contribution is -2.64. The number of hydrogen-bond acceptors (Lipinski definition) is 24. The van der Waals surface area contributed by atoms with Crippen molar-refractivity contribution in [2.75, 3.05) is 75.9 Å². The summed E-state index contributed by atoms with van der Waals surface area (Å²) in [5, 5.41) is 34.8. The summed E-state index contributed by atoms with van der Waals surface area (Å²) in [5.41, 5.74) is -2.46. The van der Waals surface area contributed by atoms with E-state index in [4.69, 9.17) is 23.7 Å². The van der Waals surface area contributed by atoms with E-state index in [9.17, 15) is 72.5 Å². The van der Waals surface area contributed by atoms with Crippen molar-refractivity contribution >= 4 is 101 Å². The predicted molar refractivity (Wildman–Crippen MR) is 482 cm³/mol. The average molecular weight is 1830 g/mol. The van der Waals surface area contributed by atoms with Gasteiger partial charge in [0.15, 0.2) is 12.4 Å². The Bertz CT molecular complexity index is 4120. The third-order valence-electron chi connectivity index (χ3n) is 27.0. The molecule has 3 saturated carbocycles. The van der Waals surface area contributed by atoms with E-state index in [1.807, 2.05) is 75.3 Å². The molecule has 19 atom stereocenters. The summed E-state index contributed by atoms with van der Waals surface area (Å²) in [7, 11) is 9.50. The summed E-state index contributed by atoms with van der Waals surface area (Å²) in [6.07, 6.45) is 6.64. The van der Waals surface area contributed by atoms with Gasteiger partial charge in [0.25, 0.3) is 0 Å². The van der Waals surface area contributed by atoms with Gasteiger partial charge in [0.2, 0.25) is 77.6 Å². The second-order valence-corrected chi connectivity index (χ2v) is 39.4. The molecule has 35 heteroatoms. The van der Waals surface area contributed by atoms with Gasteiger partial charge in [-0.15, -0.1) is 0 Å². The van der Waals surface area contributed by atoms with Gasteiger partial charge in [-0.1, -0.05) is 135 Å². The number of Topliss-reactive ketones (excluding diaryl/α,β-unsaturated/α-hetero) is 1. The Kier molecular flexibility index (Phi) is 41.9. The number of aliphatic hydroxyl groups excluding tert-OH is 1. The van der Waals surface area contributed by atoms with Gasteiger partial charge in [0, 0.05) is 72.5 Å². The SMILES string of the molecule is C/C=C/C[C@@H](C)C(OC(=O)OCOC(=O)CCCCCOC(=O)CCC(=O)OCC(=O)[C@@]1(O)CCC2C3CCC4=CC(=O)C=C[C@]4(C)C3[C@@H](O)C[C@@]21C)[C@H]1C(=O)NC(CC)C(=O)N(C)CC(=O)N(C)[C@@H](CC(C)C)C(=O)NC(C(C)C)C(=O)N(C)[C@H](CC(C)C)C(=O)NC(C)C(=O)N[C@@H](C)C(=O)N(C)[C@H](CC(C)C)C(=O)N(C)C(CC(C)C)C(=O)N(C)[C@H](C(C)C)C(=O)N1C. The number of ketones is 2. The zero-order valence-electron chi connectivity index (χ0n) is 81.9. The molecule has 8 unspecified atom stereocenters. The van der Waals surface area contributed by atoms with Crippen molar-refractivity contribution in [3.63, 3.8) is 0 Å². The molecular formula is C95H153N11O24. The minimum Gasteiger partial charge on any atom is -0.466 e. The second kappa shape index (κ2) is 49.2. The Morgan fingerprint density at radius 3 is 1.64 bits per heavy atom. The summed E-state index contributed by atoms with van der Waals surface area (Å²) in [5.74, 6) is -15.2. The highest BCUT2D eigenvalue weighted by atomic mass is 16.8. The first-order chi connectivity index (χ1) is 60.6. The van der Waals surface area contributed by atoms with E-state index in [-0.39, 0.29) is 131 Å². The number of nitrogens with one attached hydrogen (secondary N) is 4. The number of amides is 11. The number of carbonyl (C=O) groups is 17. The van der Waals surface area contributed by atoms with Crippen LogP contribution in [0.4, 0.5) is 4.79 Å². The highest BCUT2D eigenvalue weighted by Crippen LogP contribution is 2.67. The number of nitrogens with zero attached hydrogens (tertiary/aromatic N) is 7. The van der Waals surface area contributed by atoms with Crippen molar-refractivity contribution in [2.24, 2.45) is 70.0 Å². The number of esters is 3. The van der Waals surface area contributed by atoms with E-state index in [0.717, 1.165) is 20.3 Å². The maximum Gasteiger partial charge on any atom is 0.511 e. The Balaban J connectivity index is 1.38. The van der Waals surface area contributed by atoms with Crippen molar-refractivity contribution in [3.8, 4) is 0 Å². The molecule has 1 aliphatic heterocycles. The van der Waals surface area contributed by atoms with Crippen molar-refractivity contribution in [3.05, 3.63) is 36.0 Å². The molecule has 0 aromatic rings. The first-order valence-corrected chi connectivity index (χ1v) is 46.4. The van der Waals surface area contributed by atoms with E-state index < -0.39 is 228 Å². The van der Waals surface area contributed by atoms with Gasteiger partial charge in [-0.2, -0.15) is 0 Å². The summed E-state index contributed by atoms with van der Waals surface area (Å²) >= 11 is 0. The molecule has 4 fully saturated rings. The molecule has 130 heavy (non-hydrogen) atoms. The molecule has 1 saturated heterocycles. The normalized spacial score (nSPS) is 29.2. The highest BCUT2D eigenvalue weighted by molar-refractivity contribution is 6.02. The summed E-state index contributed by atoms with van der Waals surface area (Å²) in [6, 6.07) is -13.6. The van der Waals surface area contributed by atoms with E-state index in [2.05, 4.69) is 21.3 Å². The Labute approximate surface area is 768 Å². The van der Waals surface area contributed by atoms with Crippen molar-refractivity contribution < 1.29 is 115 Å². The standard InChI is InChI=1S/C95H153N11O24/c1-27-29-33-59(15)81(130-92(124)129-52-128-74(111)34-31-30-32-43-126-75(112)37-38-76(113)127-51-72(109)95(125)42-40-65-64-36-35-62-48-63(107)39-41-93(62,18)77(64)71(108)49-94(65,95)19)80-85(117)98-66(28-2)87(119)100(20)50-73(110)101(21)67(44-53(3)4)84(116)99-78(57(11)12)90(122)102(22)68(45-54(5)6)83(115)96-60(16)82(114)97-61(17)86(118)103(23)69(46-55(7)8)88(120)104(24)70(47-56(9)10)89(121)105(25)79(58(13)14)91(123)106(80)26/h27,29,39,41,48,53-61,64-71,77-81,108,125H,28,30-38,40,42-47,49-52H2,1-26H3,(H,96,115)(H,97,114)(H,98,117)(H,99,116)/b29-27+/t59-,60?,61+,64?,65?,66?,67+,68-,69-,70?,71+,77?,78?,79-,80+,81?,93+,94+,95+/m1/s1. The first kappa shape index (κ1) is 111. The molecule has 0 bridgehead atoms. The maximum absolute atomic E-state index is 15.9. The lowest BCUT2D eigenvalue weighted by atomic mass is 9.46. The number of carbonyl (C=O) groups excluding carboxylic acids is 17. The highest BCUT2D eigenvalue weighted by Gasteiger charge is 2.68. The number of allylic oxidation sites excluding steroid dienone is 6. The third-order valence-corrected chi connectivity index (χ3v) is 27.0. The maximum atomic E-state index is 15.9. The molecular weight excluding hydrogens is 1680 g/mol. The molecule has 4 aliphatic carbocycles. The lowest BCUT2D eigenvalue weighted by molar-refractivity contribution is -0.181. The van der Waals surface area contributed by atoms with E-state index in [1.165, 1.54) is 88.9 Å². The fourth-order valence-corrected chi connectivity index (χ4v) is 19.3. The van der Waals surface area contributed by atoms with Crippen LogP contribution in [0.3, 0.4) is 0 Å². The molecule has 5 rings (SSSR count). The first-order valence-electron chi connectivity index (χ1n) is 46.4. The van der Waals surface area contributed by atoms with Gasteiger partial charge in [0.05, 0.1) is 32.1 Å². The van der Waals surface area contributed by atoms with Gasteiger partial charge in [0.1, 0.15) is 72.1 Å². The fourth-order valence-electron chi connectivity index (χ4n) is 19.3. The number of fused-ring (bicyclic) bond motifs is 5. The van der Waals surface area contributed by atoms with Gasteiger partial charge < -0.3 is 89.5 Å². The number of likely N-dealkylation sites (N-methyl/N-ethyl adjacent to an activating group) is 7. The van der Waals surface area contributed by atoms with Crippen LogP contribution in [0.1, 0.15) is 241 Å². The minimum atomic E-state index is -1.90. The van der Waals surface area contributed by atoms with Gasteiger partial charge >= 0.3 is 24.1 Å². The lowest BCUT2D eigenvalue weighted by Gasteiger charge is -2.59. The van der Waals surface area contributed by atoms with E-state index in [1.54, 1.807) is 66.7 Å². The fraction of sp³-hybridized carbons (Fsp3) is 0.758. The largest absolute Gasteiger partial charge is 0.511 e. The van der Waals surface area contributed by atoms with Crippen LogP contribution >= 0.6 is 0 Å². The van der Waals surface area contributed by atoms with Crippen LogP contribution in [-0.4, -0.2) is 299 Å². The van der Waals surface area contributed by atoms with E-state index >= 15 is 19.2 Å². The number of aliphatic hydroxyl groups is 2. The molecule has 732 valence electrons. The third kappa shape index (κ3) is 28.2. The number of ether oxygens (including phenoxy) is 5. The molecule has 0 radical (unpaired) electrons. The molecule has 0 aromatic carbocycles. The Morgan fingerprint density at radius 2 is 1.08 bits per heavy atom. The summed E-state index contributed by atoms with van der Waals surface area (Å²) in [4.78, 5) is 252. The molecule has 11 amide bonds. The van der Waals surface area contributed by atoms with Crippen LogP contribution in [0, 0.1) is 70.0 Å². The molecule has 5 aliphatic rings. The van der Waals surface area contributed by atoms with Gasteiger partial charge in [-0.25, -0.2) is 4.79 Å². The second-order valence-electron chi connectivity index (χ2n) is 39.4. The summed E-state index contributed by atoms with van der Waals surface area (Å²) in [6.45, 7) is 30.4. The molecule has 6 N–H and O–H groups in total. The quantitative estimate of drug-likeness (QED) is 0.0139. The Morgan fingerprint density at radius 1 is 0.554 bits per heavy atom. The van der Waals surface area contributed by atoms with Crippen molar-refractivity contribution in [2.45, 2.75) is 319 Å². The smallest absolute Gasteiger partial charge is 0.466 e. The molecule has 0 spiro atoms. The summed E-state index contributed by atoms with van der Waals surface area (Å²) < 4.78 is 27.3. The molecule has 0 aromatic heterocycles. The number of hydrogen-bond donors (Lipinski definition) is 6. The van der Waals surface area contributed by atoms with Gasteiger partial charge in [-0.3, -0.25) is 76.7 Å².